The largest absolute Gasteiger partial charge is 0.345 e. The van der Waals surface area contributed by atoms with Crippen LogP contribution < -0.4 is 10.6 Å². The van der Waals surface area contributed by atoms with E-state index in [1.165, 1.54) is 23.1 Å². The van der Waals surface area contributed by atoms with Crippen LogP contribution in [-0.4, -0.2) is 37.3 Å². The highest BCUT2D eigenvalue weighted by atomic mass is 32.2. The number of para-hydroxylation sites is 1. The van der Waals surface area contributed by atoms with E-state index in [9.17, 15) is 9.59 Å². The van der Waals surface area contributed by atoms with E-state index in [0.29, 0.717) is 21.7 Å². The molecular formula is C20H18N6O2S2. The van der Waals surface area contributed by atoms with Gasteiger partial charge in [0, 0.05) is 12.6 Å². The Hall–Kier alpha value is -3.24. The minimum atomic E-state index is -0.178. The monoisotopic (exact) mass is 438 g/mol. The molecule has 8 nitrogen and oxygen atoms in total. The van der Waals surface area contributed by atoms with Crippen LogP contribution in [0.4, 0.5) is 5.13 Å². The van der Waals surface area contributed by atoms with Crippen molar-refractivity contribution in [2.75, 3.05) is 11.1 Å². The van der Waals surface area contributed by atoms with Gasteiger partial charge in [-0.2, -0.15) is 0 Å². The Labute approximate surface area is 180 Å². The number of fused-ring (bicyclic) bond motifs is 1. The summed E-state index contributed by atoms with van der Waals surface area (Å²) >= 11 is 2.71. The molecule has 0 fully saturated rings. The van der Waals surface area contributed by atoms with Crippen molar-refractivity contribution < 1.29 is 9.59 Å². The lowest BCUT2D eigenvalue weighted by molar-refractivity contribution is -0.113. The van der Waals surface area contributed by atoms with Crippen LogP contribution in [0.2, 0.25) is 0 Å². The second-order valence-electron chi connectivity index (χ2n) is 6.33. The smallest absolute Gasteiger partial charge is 0.251 e. The predicted octanol–water partition coefficient (Wildman–Crippen LogP) is 3.09. The van der Waals surface area contributed by atoms with Crippen molar-refractivity contribution in [1.82, 2.24) is 25.1 Å². The van der Waals surface area contributed by atoms with Crippen LogP contribution in [0.1, 0.15) is 16.2 Å². The van der Waals surface area contributed by atoms with Gasteiger partial charge < -0.3 is 15.2 Å². The molecule has 2 amide bonds. The van der Waals surface area contributed by atoms with Crippen LogP contribution in [0.5, 0.6) is 0 Å². The third-order valence-corrected chi connectivity index (χ3v) is 6.21. The number of hydrogen-bond donors (Lipinski definition) is 2. The van der Waals surface area contributed by atoms with Gasteiger partial charge in [-0.15, -0.1) is 10.2 Å². The molecule has 0 aliphatic heterocycles. The topological polar surface area (TPSA) is 102 Å². The molecule has 4 aromatic rings. The fourth-order valence-corrected chi connectivity index (χ4v) is 4.30. The summed E-state index contributed by atoms with van der Waals surface area (Å²) in [5.41, 5.74) is 1.45. The molecule has 0 bridgehead atoms. The van der Waals surface area contributed by atoms with E-state index in [1.807, 2.05) is 42.5 Å². The van der Waals surface area contributed by atoms with Crippen molar-refractivity contribution in [2.24, 2.45) is 7.05 Å². The SMILES string of the molecule is Cn1c(CNC(=O)c2ccccc2)nnc1SCC(=O)Nc1nc2ccccc2s1. The quantitative estimate of drug-likeness (QED) is 0.430. The number of rotatable bonds is 7. The van der Waals surface area contributed by atoms with Crippen LogP contribution in [0.3, 0.4) is 0 Å². The molecule has 2 N–H and O–H groups in total. The molecule has 0 unspecified atom stereocenters. The zero-order valence-electron chi connectivity index (χ0n) is 16.0. The molecule has 0 aliphatic carbocycles. The fourth-order valence-electron chi connectivity index (χ4n) is 2.69. The van der Waals surface area contributed by atoms with Gasteiger partial charge in [0.25, 0.3) is 5.91 Å². The number of carbonyl (C=O) groups is 2. The maximum absolute atomic E-state index is 12.3. The van der Waals surface area contributed by atoms with E-state index in [4.69, 9.17) is 0 Å². The van der Waals surface area contributed by atoms with Crippen LogP contribution in [0.25, 0.3) is 10.2 Å². The lowest BCUT2D eigenvalue weighted by Gasteiger charge is -2.06. The van der Waals surface area contributed by atoms with Gasteiger partial charge in [-0.05, 0) is 24.3 Å². The second kappa shape index (κ2) is 9.06. The highest BCUT2D eigenvalue weighted by molar-refractivity contribution is 7.99. The van der Waals surface area contributed by atoms with Gasteiger partial charge in [0.2, 0.25) is 5.91 Å². The molecular weight excluding hydrogens is 420 g/mol. The maximum atomic E-state index is 12.3. The van der Waals surface area contributed by atoms with Crippen molar-refractivity contribution in [3.63, 3.8) is 0 Å². The highest BCUT2D eigenvalue weighted by Gasteiger charge is 2.14. The van der Waals surface area contributed by atoms with E-state index < -0.39 is 0 Å². The number of benzene rings is 2. The van der Waals surface area contributed by atoms with Crippen LogP contribution in [-0.2, 0) is 18.4 Å². The lowest BCUT2D eigenvalue weighted by atomic mass is 10.2. The Bertz CT molecular complexity index is 1160. The Morgan fingerprint density at radius 2 is 1.83 bits per heavy atom. The molecule has 0 saturated heterocycles. The normalized spacial score (nSPS) is 10.8. The number of anilines is 1. The summed E-state index contributed by atoms with van der Waals surface area (Å²) in [7, 11) is 1.80. The maximum Gasteiger partial charge on any atom is 0.251 e. The van der Waals surface area contributed by atoms with Gasteiger partial charge in [0.1, 0.15) is 0 Å². The molecule has 152 valence electrons. The second-order valence-corrected chi connectivity index (χ2v) is 8.30. The average molecular weight is 439 g/mol. The zero-order valence-corrected chi connectivity index (χ0v) is 17.7. The number of thioether (sulfide) groups is 1. The standard InChI is InChI=1S/C20H18N6O2S2/c1-26-16(11-21-18(28)13-7-3-2-4-8-13)24-25-20(26)29-12-17(27)23-19-22-14-9-5-6-10-15(14)30-19/h2-10H,11-12H2,1H3,(H,21,28)(H,22,23,27). The predicted molar refractivity (Wildman–Crippen MR) is 118 cm³/mol. The lowest BCUT2D eigenvalue weighted by Crippen LogP contribution is -2.24. The highest BCUT2D eigenvalue weighted by Crippen LogP contribution is 2.25. The van der Waals surface area contributed by atoms with Gasteiger partial charge in [-0.3, -0.25) is 9.59 Å². The minimum absolute atomic E-state index is 0.166. The van der Waals surface area contributed by atoms with Gasteiger partial charge in [-0.25, -0.2) is 4.98 Å². The van der Waals surface area contributed by atoms with Gasteiger partial charge in [-0.1, -0.05) is 53.4 Å². The van der Waals surface area contributed by atoms with Crippen molar-refractivity contribution in [3.8, 4) is 0 Å². The third-order valence-electron chi connectivity index (χ3n) is 4.24. The molecule has 0 saturated carbocycles. The fraction of sp³-hybridized carbons (Fsp3) is 0.150. The summed E-state index contributed by atoms with van der Waals surface area (Å²) < 4.78 is 2.79. The minimum Gasteiger partial charge on any atom is -0.345 e. The molecule has 2 aromatic carbocycles. The van der Waals surface area contributed by atoms with Gasteiger partial charge in [0.05, 0.1) is 22.5 Å². The number of aromatic nitrogens is 4. The third kappa shape index (κ3) is 4.66. The van der Waals surface area contributed by atoms with Gasteiger partial charge in [0.15, 0.2) is 16.1 Å². The van der Waals surface area contributed by atoms with Crippen LogP contribution in [0, 0.1) is 0 Å². The molecule has 2 heterocycles. The number of amides is 2. The van der Waals surface area contributed by atoms with Crippen molar-refractivity contribution >= 4 is 50.3 Å². The first-order valence-corrected chi connectivity index (χ1v) is 10.9. The number of thiazole rings is 1. The molecule has 0 radical (unpaired) electrons. The Kier molecular flexibility index (Phi) is 6.05. The van der Waals surface area contributed by atoms with Crippen LogP contribution in [0.15, 0.2) is 59.8 Å². The number of carbonyl (C=O) groups excluding carboxylic acids is 2. The summed E-state index contributed by atoms with van der Waals surface area (Å²) in [5, 5.41) is 15.0. The average Bonchev–Trinajstić information content (AvgIpc) is 3.33. The molecule has 2 aromatic heterocycles. The molecule has 0 atom stereocenters. The van der Waals surface area contributed by atoms with E-state index >= 15 is 0 Å². The van der Waals surface area contributed by atoms with E-state index in [-0.39, 0.29) is 24.1 Å². The molecule has 30 heavy (non-hydrogen) atoms. The first-order valence-electron chi connectivity index (χ1n) is 9.10. The van der Waals surface area contributed by atoms with Crippen molar-refractivity contribution in [3.05, 3.63) is 66.0 Å². The van der Waals surface area contributed by atoms with Crippen LogP contribution >= 0.6 is 23.1 Å². The molecule has 10 heteroatoms. The number of nitrogens with one attached hydrogen (secondary N) is 2. The molecule has 0 spiro atoms. The van der Waals surface area contributed by atoms with Crippen molar-refractivity contribution in [1.29, 1.82) is 0 Å². The van der Waals surface area contributed by atoms with Crippen molar-refractivity contribution in [2.45, 2.75) is 11.7 Å². The Morgan fingerprint density at radius 1 is 1.07 bits per heavy atom. The molecule has 4 rings (SSSR count). The summed E-state index contributed by atoms with van der Waals surface area (Å²) in [4.78, 5) is 28.8. The first kappa shape index (κ1) is 20.0. The zero-order chi connectivity index (χ0) is 20.9. The van der Waals surface area contributed by atoms with Gasteiger partial charge >= 0.3 is 0 Å². The number of hydrogen-bond acceptors (Lipinski definition) is 7. The van der Waals surface area contributed by atoms with E-state index in [0.717, 1.165) is 10.2 Å². The Morgan fingerprint density at radius 3 is 2.63 bits per heavy atom. The summed E-state index contributed by atoms with van der Waals surface area (Å²) in [6, 6.07) is 16.7. The summed E-state index contributed by atoms with van der Waals surface area (Å²) in [6.07, 6.45) is 0. The molecule has 0 aliphatic rings. The Balaban J connectivity index is 1.30. The number of nitrogens with zero attached hydrogens (tertiary/aromatic N) is 4. The summed E-state index contributed by atoms with van der Waals surface area (Å²) in [6.45, 7) is 0.246. The van der Waals surface area contributed by atoms with E-state index in [2.05, 4.69) is 25.8 Å². The first-order chi connectivity index (χ1) is 14.6. The van der Waals surface area contributed by atoms with E-state index in [1.54, 1.807) is 23.7 Å². The summed E-state index contributed by atoms with van der Waals surface area (Å²) in [5.74, 6) is 0.440.